The molecule has 4 nitrogen and oxygen atoms in total. The third-order valence-electron chi connectivity index (χ3n) is 3.43. The molecule has 0 aliphatic heterocycles. The highest BCUT2D eigenvalue weighted by Gasteiger charge is 2.21. The summed E-state index contributed by atoms with van der Waals surface area (Å²) in [5.74, 6) is 0.775. The van der Waals surface area contributed by atoms with E-state index in [2.05, 4.69) is 0 Å². The molecule has 3 rings (SSSR count). The Balaban J connectivity index is 1.95. The SMILES string of the molecule is O=[N+]([O-])c1c(Cl)cccc1Oc1ccc2c(c1)CCC2. The first-order chi connectivity index (χ1) is 9.65. The lowest BCUT2D eigenvalue weighted by Crippen LogP contribution is -1.95. The van der Waals surface area contributed by atoms with Gasteiger partial charge in [0.1, 0.15) is 10.8 Å². The fourth-order valence-corrected chi connectivity index (χ4v) is 2.73. The highest BCUT2D eigenvalue weighted by atomic mass is 35.5. The molecule has 0 heterocycles. The number of halogens is 1. The van der Waals surface area contributed by atoms with Crippen LogP contribution in [0.15, 0.2) is 36.4 Å². The largest absolute Gasteiger partial charge is 0.450 e. The molecule has 1 aliphatic rings. The van der Waals surface area contributed by atoms with Crippen LogP contribution < -0.4 is 4.74 Å². The number of nitrogens with zero attached hydrogens (tertiary/aromatic N) is 1. The van der Waals surface area contributed by atoms with Gasteiger partial charge in [0.15, 0.2) is 0 Å². The molecule has 0 saturated heterocycles. The van der Waals surface area contributed by atoms with Gasteiger partial charge in [-0.1, -0.05) is 23.7 Å². The highest BCUT2D eigenvalue weighted by Crippen LogP contribution is 2.37. The first-order valence-electron chi connectivity index (χ1n) is 6.38. The zero-order valence-electron chi connectivity index (χ0n) is 10.6. The molecule has 0 spiro atoms. The summed E-state index contributed by atoms with van der Waals surface area (Å²) in [5, 5.41) is 11.1. The van der Waals surface area contributed by atoms with Gasteiger partial charge in [-0.3, -0.25) is 10.1 Å². The topological polar surface area (TPSA) is 52.4 Å². The van der Waals surface area contributed by atoms with Gasteiger partial charge >= 0.3 is 5.69 Å². The second-order valence-corrected chi connectivity index (χ2v) is 5.14. The van der Waals surface area contributed by atoms with E-state index in [4.69, 9.17) is 16.3 Å². The summed E-state index contributed by atoms with van der Waals surface area (Å²) in [6, 6.07) is 10.5. The molecule has 0 N–H and O–H groups in total. The van der Waals surface area contributed by atoms with Crippen molar-refractivity contribution in [1.29, 1.82) is 0 Å². The van der Waals surface area contributed by atoms with Crippen LogP contribution in [0.25, 0.3) is 0 Å². The zero-order valence-corrected chi connectivity index (χ0v) is 11.4. The maximum Gasteiger partial charge on any atom is 0.329 e. The predicted octanol–water partition coefficient (Wildman–Crippen LogP) is 4.53. The normalized spacial score (nSPS) is 13.1. The maximum absolute atomic E-state index is 11.1. The van der Waals surface area contributed by atoms with Gasteiger partial charge in [-0.15, -0.1) is 0 Å². The highest BCUT2D eigenvalue weighted by molar-refractivity contribution is 6.32. The Hall–Kier alpha value is -2.07. The van der Waals surface area contributed by atoms with Crippen LogP contribution in [0, 0.1) is 10.1 Å². The number of aryl methyl sites for hydroxylation is 2. The summed E-state index contributed by atoms with van der Waals surface area (Å²) in [6.45, 7) is 0. The minimum atomic E-state index is -0.523. The molecule has 0 fully saturated rings. The van der Waals surface area contributed by atoms with Gasteiger partial charge in [0.2, 0.25) is 5.75 Å². The van der Waals surface area contributed by atoms with Gasteiger partial charge < -0.3 is 4.74 Å². The molecule has 1 aliphatic carbocycles. The van der Waals surface area contributed by atoms with Gasteiger partial charge in [0.25, 0.3) is 0 Å². The van der Waals surface area contributed by atoms with E-state index in [9.17, 15) is 10.1 Å². The minimum Gasteiger partial charge on any atom is -0.450 e. The number of nitro benzene ring substituents is 1. The van der Waals surface area contributed by atoms with Crippen LogP contribution in [0.5, 0.6) is 11.5 Å². The van der Waals surface area contributed by atoms with Gasteiger partial charge in [-0.05, 0) is 54.7 Å². The third-order valence-corrected chi connectivity index (χ3v) is 3.74. The van der Waals surface area contributed by atoms with Crippen molar-refractivity contribution in [2.75, 3.05) is 0 Å². The number of para-hydroxylation sites is 1. The molecule has 0 aromatic heterocycles. The smallest absolute Gasteiger partial charge is 0.329 e. The molecule has 5 heteroatoms. The molecule has 0 unspecified atom stereocenters. The molecular formula is C15H12ClNO3. The lowest BCUT2D eigenvalue weighted by molar-refractivity contribution is -0.385. The second kappa shape index (κ2) is 5.13. The number of rotatable bonds is 3. The van der Waals surface area contributed by atoms with Crippen molar-refractivity contribution in [2.24, 2.45) is 0 Å². The number of nitro groups is 1. The summed E-state index contributed by atoms with van der Waals surface area (Å²) in [5.41, 5.74) is 2.39. The summed E-state index contributed by atoms with van der Waals surface area (Å²) in [6.07, 6.45) is 3.27. The summed E-state index contributed by atoms with van der Waals surface area (Å²) in [4.78, 5) is 10.5. The van der Waals surface area contributed by atoms with Crippen LogP contribution in [-0.2, 0) is 12.8 Å². The van der Waals surface area contributed by atoms with E-state index in [1.165, 1.54) is 17.2 Å². The monoisotopic (exact) mass is 289 g/mol. The summed E-state index contributed by atoms with van der Waals surface area (Å²) >= 11 is 5.86. The lowest BCUT2D eigenvalue weighted by Gasteiger charge is -2.08. The number of hydrogen-bond donors (Lipinski definition) is 0. The Morgan fingerprint density at radius 2 is 1.95 bits per heavy atom. The molecule has 20 heavy (non-hydrogen) atoms. The van der Waals surface area contributed by atoms with E-state index >= 15 is 0 Å². The van der Waals surface area contributed by atoms with Crippen LogP contribution >= 0.6 is 11.6 Å². The summed E-state index contributed by atoms with van der Waals surface area (Å²) < 4.78 is 5.65. The van der Waals surface area contributed by atoms with E-state index < -0.39 is 4.92 Å². The van der Waals surface area contributed by atoms with Crippen molar-refractivity contribution in [1.82, 2.24) is 0 Å². The fourth-order valence-electron chi connectivity index (χ4n) is 2.49. The van der Waals surface area contributed by atoms with Gasteiger partial charge in [0.05, 0.1) is 4.92 Å². The average Bonchev–Trinajstić information content (AvgIpc) is 2.85. The Labute approximate surface area is 121 Å². The number of ether oxygens (including phenoxy) is 1. The zero-order chi connectivity index (χ0) is 14.1. The van der Waals surface area contributed by atoms with Gasteiger partial charge in [0, 0.05) is 0 Å². The molecule has 2 aromatic carbocycles. The molecule has 0 saturated carbocycles. The first-order valence-corrected chi connectivity index (χ1v) is 6.75. The van der Waals surface area contributed by atoms with Crippen molar-refractivity contribution in [2.45, 2.75) is 19.3 Å². The molecule has 0 bridgehead atoms. The Kier molecular flexibility index (Phi) is 3.32. The van der Waals surface area contributed by atoms with E-state index in [1.54, 1.807) is 12.1 Å². The van der Waals surface area contributed by atoms with E-state index in [1.807, 2.05) is 18.2 Å². The number of fused-ring (bicyclic) bond motifs is 1. The van der Waals surface area contributed by atoms with E-state index in [0.717, 1.165) is 19.3 Å². The standard InChI is InChI=1S/C15H12ClNO3/c16-13-5-2-6-14(15(13)17(18)19)20-12-8-7-10-3-1-4-11(10)9-12/h2,5-9H,1,3-4H2. The van der Waals surface area contributed by atoms with Crippen molar-refractivity contribution in [3.63, 3.8) is 0 Å². The molecular weight excluding hydrogens is 278 g/mol. The molecule has 2 aromatic rings. The van der Waals surface area contributed by atoms with Crippen LogP contribution in [0.3, 0.4) is 0 Å². The van der Waals surface area contributed by atoms with Crippen molar-refractivity contribution in [3.8, 4) is 11.5 Å². The van der Waals surface area contributed by atoms with Crippen LogP contribution in [0.1, 0.15) is 17.5 Å². The molecule has 102 valence electrons. The number of hydrogen-bond acceptors (Lipinski definition) is 3. The molecule has 0 radical (unpaired) electrons. The maximum atomic E-state index is 11.1. The van der Waals surface area contributed by atoms with Crippen molar-refractivity contribution >= 4 is 17.3 Å². The lowest BCUT2D eigenvalue weighted by atomic mass is 10.1. The quantitative estimate of drug-likeness (QED) is 0.616. The second-order valence-electron chi connectivity index (χ2n) is 4.73. The Morgan fingerprint density at radius 3 is 2.75 bits per heavy atom. The van der Waals surface area contributed by atoms with Gasteiger partial charge in [-0.2, -0.15) is 0 Å². The number of benzene rings is 2. The fraction of sp³-hybridized carbons (Fsp3) is 0.200. The third kappa shape index (κ3) is 2.34. The Morgan fingerprint density at radius 1 is 1.15 bits per heavy atom. The van der Waals surface area contributed by atoms with E-state index in [-0.39, 0.29) is 16.5 Å². The molecule has 0 amide bonds. The van der Waals surface area contributed by atoms with Crippen molar-refractivity contribution < 1.29 is 9.66 Å². The van der Waals surface area contributed by atoms with Gasteiger partial charge in [-0.25, -0.2) is 0 Å². The van der Waals surface area contributed by atoms with Crippen LogP contribution in [-0.4, -0.2) is 4.92 Å². The molecule has 0 atom stereocenters. The minimum absolute atomic E-state index is 0.0775. The van der Waals surface area contributed by atoms with E-state index in [0.29, 0.717) is 5.75 Å². The summed E-state index contributed by atoms with van der Waals surface area (Å²) in [7, 11) is 0. The van der Waals surface area contributed by atoms with Crippen LogP contribution in [0.4, 0.5) is 5.69 Å². The predicted molar refractivity (Wildman–Crippen MR) is 76.6 cm³/mol. The Bertz CT molecular complexity index is 685. The van der Waals surface area contributed by atoms with Crippen molar-refractivity contribution in [3.05, 3.63) is 62.7 Å². The van der Waals surface area contributed by atoms with Crippen LogP contribution in [0.2, 0.25) is 5.02 Å². The average molecular weight is 290 g/mol. The first kappa shape index (κ1) is 12.9.